The number of hydrogen-bond donors (Lipinski definition) is 1. The molecule has 136 valence electrons. The highest BCUT2D eigenvalue weighted by molar-refractivity contribution is 5.87. The van der Waals surface area contributed by atoms with Crippen molar-refractivity contribution in [2.24, 2.45) is 7.05 Å². The van der Waals surface area contributed by atoms with Crippen LogP contribution in [0.3, 0.4) is 0 Å². The molecule has 0 saturated heterocycles. The number of ketones is 1. The summed E-state index contributed by atoms with van der Waals surface area (Å²) in [5.74, 6) is 0.266. The molecule has 1 aromatic carbocycles. The Bertz CT molecular complexity index is 1060. The fraction of sp³-hybridized carbons (Fsp3) is 0.227. The quantitative estimate of drug-likeness (QED) is 0.777. The third-order valence-corrected chi connectivity index (χ3v) is 5.03. The molecule has 3 aromatic rings. The van der Waals surface area contributed by atoms with Crippen LogP contribution in [-0.4, -0.2) is 15.3 Å². The van der Waals surface area contributed by atoms with Gasteiger partial charge in [0.15, 0.2) is 0 Å². The van der Waals surface area contributed by atoms with E-state index in [0.29, 0.717) is 18.4 Å². The third-order valence-electron chi connectivity index (χ3n) is 5.03. The van der Waals surface area contributed by atoms with Crippen LogP contribution in [0.1, 0.15) is 23.1 Å². The fourth-order valence-electron chi connectivity index (χ4n) is 3.63. The lowest BCUT2D eigenvalue weighted by Crippen LogP contribution is -2.18. The molecule has 0 atom stereocenters. The minimum absolute atomic E-state index is 0.0102. The van der Waals surface area contributed by atoms with Crippen molar-refractivity contribution < 1.29 is 4.79 Å². The molecule has 0 radical (unpaired) electrons. The topological polar surface area (TPSA) is 64.0 Å². The predicted molar refractivity (Wildman–Crippen MR) is 106 cm³/mol. The van der Waals surface area contributed by atoms with Gasteiger partial charge in [-0.05, 0) is 59.9 Å². The molecule has 1 N–H and O–H groups in total. The Hall–Kier alpha value is -3.21. The molecule has 0 amide bonds. The number of rotatable bonds is 3. The number of carbonyl (C=O) groups excluding carboxylic acids is 1. The second-order valence-electron chi connectivity index (χ2n) is 7.07. The number of pyridine rings is 2. The number of fused-ring (bicyclic) bond motifs is 1. The van der Waals surface area contributed by atoms with Crippen LogP contribution in [0.25, 0.3) is 11.1 Å². The van der Waals surface area contributed by atoms with E-state index in [9.17, 15) is 9.59 Å². The summed E-state index contributed by atoms with van der Waals surface area (Å²) in [4.78, 5) is 28.2. The number of benzene rings is 1. The summed E-state index contributed by atoms with van der Waals surface area (Å²) in [6, 6.07) is 9.96. The van der Waals surface area contributed by atoms with Gasteiger partial charge in [0.05, 0.1) is 11.9 Å². The molecular weight excluding hydrogens is 338 g/mol. The maximum atomic E-state index is 12.0. The maximum absolute atomic E-state index is 12.0. The first-order valence-corrected chi connectivity index (χ1v) is 9.03. The monoisotopic (exact) mass is 359 g/mol. The molecule has 5 nitrogen and oxygen atoms in total. The lowest BCUT2D eigenvalue weighted by Gasteiger charge is -2.22. The number of aryl methyl sites for hydroxylation is 3. The summed E-state index contributed by atoms with van der Waals surface area (Å²) >= 11 is 0. The molecule has 0 aliphatic heterocycles. The number of Topliss-reactive ketones (excluding diaryl/α,β-unsaturated/α-hetero) is 1. The van der Waals surface area contributed by atoms with E-state index >= 15 is 0 Å². The van der Waals surface area contributed by atoms with E-state index < -0.39 is 0 Å². The van der Waals surface area contributed by atoms with Gasteiger partial charge >= 0.3 is 0 Å². The molecule has 4 rings (SSSR count). The minimum atomic E-state index is 0.0102. The zero-order chi connectivity index (χ0) is 19.0. The second kappa shape index (κ2) is 6.83. The van der Waals surface area contributed by atoms with Gasteiger partial charge in [0.2, 0.25) is 0 Å². The zero-order valence-corrected chi connectivity index (χ0v) is 15.5. The van der Waals surface area contributed by atoms with E-state index in [4.69, 9.17) is 0 Å². The van der Waals surface area contributed by atoms with Gasteiger partial charge in [0, 0.05) is 43.5 Å². The summed E-state index contributed by atoms with van der Waals surface area (Å²) in [5.41, 5.74) is 6.80. The van der Waals surface area contributed by atoms with Gasteiger partial charge in [-0.1, -0.05) is 6.07 Å². The van der Waals surface area contributed by atoms with Gasteiger partial charge in [-0.15, -0.1) is 0 Å². The standard InChI is InChI=1S/C22H21N3O2/c1-14-8-17(13-25(2)22(14)27)16-9-15-5-6-19(26)11-20(15)21(10-16)24-18-4-3-7-23-12-18/h3-4,7-10,12-13,24H,5-6,11H2,1-2H3. The van der Waals surface area contributed by atoms with Crippen molar-refractivity contribution >= 4 is 17.2 Å². The van der Waals surface area contributed by atoms with Crippen molar-refractivity contribution in [3.63, 3.8) is 0 Å². The Balaban J connectivity index is 1.85. The first-order chi connectivity index (χ1) is 13.0. The van der Waals surface area contributed by atoms with Gasteiger partial charge in [0.1, 0.15) is 5.78 Å². The van der Waals surface area contributed by atoms with Crippen molar-refractivity contribution in [2.45, 2.75) is 26.2 Å². The number of carbonyl (C=O) groups is 1. The van der Waals surface area contributed by atoms with E-state index in [1.165, 1.54) is 5.56 Å². The van der Waals surface area contributed by atoms with Gasteiger partial charge in [-0.2, -0.15) is 0 Å². The van der Waals surface area contributed by atoms with Crippen LogP contribution in [0.5, 0.6) is 0 Å². The number of aromatic nitrogens is 2. The molecule has 1 aliphatic rings. The molecule has 27 heavy (non-hydrogen) atoms. The first kappa shape index (κ1) is 17.2. The van der Waals surface area contributed by atoms with Gasteiger partial charge in [-0.25, -0.2) is 0 Å². The highest BCUT2D eigenvalue weighted by Crippen LogP contribution is 2.34. The van der Waals surface area contributed by atoms with E-state index in [2.05, 4.69) is 22.4 Å². The Morgan fingerprint density at radius 2 is 1.96 bits per heavy atom. The molecule has 0 spiro atoms. The second-order valence-corrected chi connectivity index (χ2v) is 7.07. The van der Waals surface area contributed by atoms with Crippen LogP contribution in [0.2, 0.25) is 0 Å². The number of nitrogens with one attached hydrogen (secondary N) is 1. The molecule has 0 saturated carbocycles. The molecule has 0 unspecified atom stereocenters. The van der Waals surface area contributed by atoms with Crippen molar-refractivity contribution in [1.29, 1.82) is 0 Å². The first-order valence-electron chi connectivity index (χ1n) is 9.03. The summed E-state index contributed by atoms with van der Waals surface area (Å²) < 4.78 is 1.61. The third kappa shape index (κ3) is 3.40. The predicted octanol–water partition coefficient (Wildman–Crippen LogP) is 3.56. The van der Waals surface area contributed by atoms with Crippen molar-refractivity contribution in [2.75, 3.05) is 5.32 Å². The SMILES string of the molecule is Cc1cc(-c2cc3c(c(Nc4cccnc4)c2)CC(=O)CC3)cn(C)c1=O. The summed E-state index contributed by atoms with van der Waals surface area (Å²) in [5, 5.41) is 3.42. The highest BCUT2D eigenvalue weighted by atomic mass is 16.1. The molecule has 5 heteroatoms. The molecule has 2 aromatic heterocycles. The van der Waals surface area contributed by atoms with Crippen molar-refractivity contribution in [3.8, 4) is 11.1 Å². The normalized spacial score (nSPS) is 13.3. The number of nitrogens with zero attached hydrogens (tertiary/aromatic N) is 2. The van der Waals surface area contributed by atoms with Crippen LogP contribution in [-0.2, 0) is 24.7 Å². The summed E-state index contributed by atoms with van der Waals surface area (Å²) in [6.07, 6.45) is 7.13. The van der Waals surface area contributed by atoms with Crippen LogP contribution >= 0.6 is 0 Å². The van der Waals surface area contributed by atoms with Gasteiger partial charge in [0.25, 0.3) is 5.56 Å². The Labute approximate surface area is 157 Å². The number of hydrogen-bond acceptors (Lipinski definition) is 4. The maximum Gasteiger partial charge on any atom is 0.253 e. The molecule has 2 heterocycles. The molecular formula is C22H21N3O2. The van der Waals surface area contributed by atoms with Gasteiger partial charge < -0.3 is 9.88 Å². The van der Waals surface area contributed by atoms with Crippen LogP contribution in [0, 0.1) is 6.92 Å². The lowest BCUT2D eigenvalue weighted by atomic mass is 9.87. The Morgan fingerprint density at radius 1 is 1.11 bits per heavy atom. The highest BCUT2D eigenvalue weighted by Gasteiger charge is 2.20. The average molecular weight is 359 g/mol. The number of anilines is 2. The van der Waals surface area contributed by atoms with Crippen molar-refractivity contribution in [1.82, 2.24) is 9.55 Å². The summed E-state index contributed by atoms with van der Waals surface area (Å²) in [6.45, 7) is 1.83. The molecule has 0 bridgehead atoms. The van der Waals surface area contributed by atoms with Crippen LogP contribution in [0.15, 0.2) is 53.7 Å². The smallest absolute Gasteiger partial charge is 0.253 e. The summed E-state index contributed by atoms with van der Waals surface area (Å²) in [7, 11) is 1.77. The average Bonchev–Trinajstić information content (AvgIpc) is 2.66. The largest absolute Gasteiger partial charge is 0.354 e. The minimum Gasteiger partial charge on any atom is -0.354 e. The Morgan fingerprint density at radius 3 is 2.70 bits per heavy atom. The Kier molecular flexibility index (Phi) is 4.36. The van der Waals surface area contributed by atoms with Crippen molar-refractivity contribution in [3.05, 3.63) is 76.0 Å². The van der Waals surface area contributed by atoms with Crippen LogP contribution in [0.4, 0.5) is 11.4 Å². The lowest BCUT2D eigenvalue weighted by molar-refractivity contribution is -0.118. The molecule has 0 fully saturated rings. The van der Waals surface area contributed by atoms with Gasteiger partial charge in [-0.3, -0.25) is 14.6 Å². The van der Waals surface area contributed by atoms with Crippen LogP contribution < -0.4 is 10.9 Å². The fourth-order valence-corrected chi connectivity index (χ4v) is 3.63. The molecule has 1 aliphatic carbocycles. The van der Waals surface area contributed by atoms with E-state index in [1.807, 2.05) is 31.3 Å². The van der Waals surface area contributed by atoms with E-state index in [1.54, 1.807) is 24.0 Å². The van der Waals surface area contributed by atoms with E-state index in [-0.39, 0.29) is 11.3 Å². The zero-order valence-electron chi connectivity index (χ0n) is 15.5. The van der Waals surface area contributed by atoms with E-state index in [0.717, 1.165) is 34.5 Å².